The molecule has 68 heavy (non-hydrogen) atoms. The van der Waals surface area contributed by atoms with Gasteiger partial charge in [-0.05, 0) is 87.1 Å². The first kappa shape index (κ1) is 54.3. The van der Waals surface area contributed by atoms with Crippen LogP contribution in [0.15, 0.2) is 12.7 Å². The molecule has 4 aliphatic rings. The number of thioether (sulfide) groups is 1. The Balaban J connectivity index is 1.39. The summed E-state index contributed by atoms with van der Waals surface area (Å²) in [5.41, 5.74) is 3.43. The summed E-state index contributed by atoms with van der Waals surface area (Å²) < 4.78 is 53.6. The molecular formula is C48H78N6O13S. The maximum absolute atomic E-state index is 15.1. The summed E-state index contributed by atoms with van der Waals surface area (Å²) in [5.74, 6) is -4.24. The van der Waals surface area contributed by atoms with Gasteiger partial charge in [0.2, 0.25) is 0 Å². The number of hydrogen-bond acceptors (Lipinski definition) is 19. The van der Waals surface area contributed by atoms with Gasteiger partial charge in [-0.1, -0.05) is 27.7 Å². The van der Waals surface area contributed by atoms with E-state index in [1.54, 1.807) is 41.1 Å². The molecule has 2 aromatic heterocycles. The van der Waals surface area contributed by atoms with E-state index in [0.717, 1.165) is 0 Å². The first-order valence-corrected chi connectivity index (χ1v) is 25.2. The van der Waals surface area contributed by atoms with Crippen molar-refractivity contribution in [3.63, 3.8) is 0 Å². The lowest BCUT2D eigenvalue weighted by molar-refractivity contribution is -0.319. The number of cyclic esters (lactones) is 1. The zero-order valence-corrected chi connectivity index (χ0v) is 43.3. The third kappa shape index (κ3) is 10.7. The minimum absolute atomic E-state index is 0.122. The van der Waals surface area contributed by atoms with E-state index in [1.807, 2.05) is 65.1 Å². The number of rotatable bonds is 13. The van der Waals surface area contributed by atoms with E-state index < -0.39 is 113 Å². The molecule has 0 saturated carbocycles. The van der Waals surface area contributed by atoms with Gasteiger partial charge in [-0.3, -0.25) is 14.4 Å². The monoisotopic (exact) mass is 979 g/mol. The number of aromatic nitrogens is 4. The van der Waals surface area contributed by atoms with Crippen LogP contribution in [0.5, 0.6) is 0 Å². The smallest absolute Gasteiger partial charge is 0.320 e. The van der Waals surface area contributed by atoms with Crippen molar-refractivity contribution in [2.45, 2.75) is 191 Å². The van der Waals surface area contributed by atoms with Crippen molar-refractivity contribution in [3.8, 4) is 0 Å². The average Bonchev–Trinajstić information content (AvgIpc) is 3.83. The van der Waals surface area contributed by atoms with Gasteiger partial charge in [0.1, 0.15) is 41.2 Å². The van der Waals surface area contributed by atoms with Crippen molar-refractivity contribution in [1.82, 2.24) is 24.4 Å². The van der Waals surface area contributed by atoms with Crippen molar-refractivity contribution in [3.05, 3.63) is 12.7 Å². The van der Waals surface area contributed by atoms with Crippen LogP contribution >= 0.6 is 11.8 Å². The van der Waals surface area contributed by atoms with E-state index in [1.165, 1.54) is 25.2 Å². The second-order valence-corrected chi connectivity index (χ2v) is 21.9. The molecule has 0 aliphatic carbocycles. The predicted octanol–water partition coefficient (Wildman–Crippen LogP) is 4.17. The number of nitrogen functional groups attached to an aromatic ring is 1. The Labute approximate surface area is 405 Å². The molecule has 2 aromatic rings. The van der Waals surface area contributed by atoms with Crippen LogP contribution in [-0.2, 0) is 58.8 Å². The third-order valence-corrected chi connectivity index (χ3v) is 16.9. The fourth-order valence-electron chi connectivity index (χ4n) is 11.4. The summed E-state index contributed by atoms with van der Waals surface area (Å²) in [5, 5.41) is 22.2. The quantitative estimate of drug-likeness (QED) is 0.189. The maximum atomic E-state index is 15.1. The molecule has 20 heteroatoms. The van der Waals surface area contributed by atoms with Crippen LogP contribution in [0.3, 0.4) is 0 Å². The lowest BCUT2D eigenvalue weighted by atomic mass is 9.70. The number of fused-ring (bicyclic) bond motifs is 2. The highest BCUT2D eigenvalue weighted by Crippen LogP contribution is 2.49. The van der Waals surface area contributed by atoms with Crippen LogP contribution in [-0.4, -0.2) is 170 Å². The molecule has 4 N–H and O–H groups in total. The number of carbonyl (C=O) groups is 3. The van der Waals surface area contributed by atoms with Gasteiger partial charge in [0.05, 0.1) is 47.9 Å². The van der Waals surface area contributed by atoms with Crippen molar-refractivity contribution in [2.24, 2.45) is 29.6 Å². The summed E-state index contributed by atoms with van der Waals surface area (Å²) in [4.78, 5) is 59.0. The van der Waals surface area contributed by atoms with Crippen LogP contribution < -0.4 is 5.73 Å². The lowest BCUT2D eigenvalue weighted by Gasteiger charge is -2.50. The maximum Gasteiger partial charge on any atom is 0.320 e. The Morgan fingerprint density at radius 3 is 2.26 bits per heavy atom. The van der Waals surface area contributed by atoms with Crippen LogP contribution in [0.1, 0.15) is 101 Å². The van der Waals surface area contributed by atoms with Gasteiger partial charge in [-0.25, -0.2) is 15.0 Å². The second kappa shape index (κ2) is 21.7. The van der Waals surface area contributed by atoms with Gasteiger partial charge in [-0.15, -0.1) is 11.8 Å². The number of ketones is 1. The number of nitrogens with zero attached hydrogens (tertiary/aromatic N) is 5. The molecule has 19 atom stereocenters. The minimum Gasteiger partial charge on any atom is -0.458 e. The highest BCUT2D eigenvalue weighted by molar-refractivity contribution is 8.00. The summed E-state index contributed by atoms with van der Waals surface area (Å²) in [6.07, 6.45) is -3.25. The van der Waals surface area contributed by atoms with Gasteiger partial charge < -0.3 is 63.3 Å². The number of hydrogen-bond donors (Lipinski definition) is 3. The van der Waals surface area contributed by atoms with E-state index in [9.17, 15) is 19.8 Å². The molecule has 4 aliphatic heterocycles. The van der Waals surface area contributed by atoms with Gasteiger partial charge in [0.25, 0.3) is 0 Å². The number of ether oxygens (including phenoxy) is 8. The predicted molar refractivity (Wildman–Crippen MR) is 253 cm³/mol. The number of aliphatic hydroxyl groups excluding tert-OH is 2. The Bertz CT molecular complexity index is 2070. The molecule has 0 spiro atoms. The Hall–Kier alpha value is -3.05. The molecule has 6 heterocycles. The average molecular weight is 979 g/mol. The number of methoxy groups -OCH3 is 2. The fraction of sp³-hybridized carbons (Fsp3) is 0.833. The van der Waals surface area contributed by atoms with Gasteiger partial charge >= 0.3 is 11.9 Å². The van der Waals surface area contributed by atoms with Gasteiger partial charge in [0, 0.05) is 56.9 Å². The molecule has 0 amide bonds. The first-order valence-electron chi connectivity index (χ1n) is 24.2. The van der Waals surface area contributed by atoms with Crippen molar-refractivity contribution in [2.75, 3.05) is 39.8 Å². The van der Waals surface area contributed by atoms with E-state index in [-0.39, 0.29) is 43.0 Å². The zero-order chi connectivity index (χ0) is 50.2. The van der Waals surface area contributed by atoms with Crippen LogP contribution in [0.4, 0.5) is 5.82 Å². The number of aliphatic hydroxyl groups is 2. The van der Waals surface area contributed by atoms with E-state index in [4.69, 9.17) is 43.6 Å². The molecule has 0 aromatic carbocycles. The molecule has 0 radical (unpaired) electrons. The minimum atomic E-state index is -1.39. The molecule has 4 fully saturated rings. The van der Waals surface area contributed by atoms with Crippen LogP contribution in [0, 0.1) is 29.6 Å². The number of likely N-dealkylation sites (N-methyl/N-ethyl adjacent to an activating group) is 1. The molecule has 6 rings (SSSR count). The van der Waals surface area contributed by atoms with E-state index in [2.05, 4.69) is 15.0 Å². The van der Waals surface area contributed by atoms with Crippen molar-refractivity contribution < 1.29 is 62.5 Å². The normalized spacial score (nSPS) is 42.2. The molecule has 2 unspecified atom stereocenters. The van der Waals surface area contributed by atoms with Gasteiger partial charge in [0.15, 0.2) is 29.6 Å². The molecule has 384 valence electrons. The lowest BCUT2D eigenvalue weighted by Crippen LogP contribution is -2.61. The SMILES string of the molecule is CC[C@H]1OC(=O)[C@H](C)[C@@H](O[C@H]2C[C@@](C)(OC)[C@@H](O)[C@@H](C)O2)[C@H](C)[C@@H](O[C@@H]2O[C@H](C)C[C@H](N(C)C)[C@H]2O)[C@](C)(OC)C[C@@H](C)C(=O)[C@@H](C)C2C(SCCCn3cnc4c(N)ncnc43)C(=O)O[C@@]21C. The molecular weight excluding hydrogens is 901 g/mol. The third-order valence-electron chi connectivity index (χ3n) is 15.5. The number of esters is 2. The summed E-state index contributed by atoms with van der Waals surface area (Å²) in [6, 6.07) is -0.300. The summed E-state index contributed by atoms with van der Waals surface area (Å²) in [7, 11) is 6.85. The number of anilines is 1. The summed E-state index contributed by atoms with van der Waals surface area (Å²) in [6.45, 7) is 18.7. The molecule has 0 bridgehead atoms. The topological polar surface area (TPSA) is 238 Å². The zero-order valence-electron chi connectivity index (χ0n) is 42.4. The number of aryl methyl sites for hydroxylation is 1. The fourth-order valence-corrected chi connectivity index (χ4v) is 12.9. The Kier molecular flexibility index (Phi) is 17.4. The van der Waals surface area contributed by atoms with Crippen molar-refractivity contribution in [1.29, 1.82) is 0 Å². The number of nitrogens with two attached hydrogens (primary N) is 1. The second-order valence-electron chi connectivity index (χ2n) is 20.6. The highest BCUT2D eigenvalue weighted by atomic mass is 32.2. The number of Topliss-reactive ketones (excluding diaryl/α,β-unsaturated/α-hetero) is 1. The number of imidazole rings is 1. The first-order chi connectivity index (χ1) is 31.9. The highest BCUT2D eigenvalue weighted by Gasteiger charge is 2.62. The number of carbonyl (C=O) groups excluding carboxylic acids is 3. The largest absolute Gasteiger partial charge is 0.458 e. The molecule has 19 nitrogen and oxygen atoms in total. The van der Waals surface area contributed by atoms with E-state index >= 15 is 4.79 Å². The Morgan fingerprint density at radius 1 is 0.926 bits per heavy atom. The van der Waals surface area contributed by atoms with Crippen molar-refractivity contribution >= 4 is 46.5 Å². The summed E-state index contributed by atoms with van der Waals surface area (Å²) >= 11 is 1.41. The Morgan fingerprint density at radius 2 is 1.62 bits per heavy atom. The van der Waals surface area contributed by atoms with Crippen LogP contribution in [0.25, 0.3) is 11.2 Å². The van der Waals surface area contributed by atoms with Crippen LogP contribution in [0.2, 0.25) is 0 Å². The van der Waals surface area contributed by atoms with Gasteiger partial charge in [-0.2, -0.15) is 0 Å². The standard InChI is InChI=1S/C48H78N6O13S/c1-15-31-48(10)33(38(44(59)67-48)68-18-16-17-54-23-52-34-41(49)50-22-51-42(34)54)26(4)35(55)24(2)20-47(9,61-14)40(66-45-36(56)30(53(11)12)19-25(3)62-45)27(5)37(28(6)43(58)64-31)65-32-21-46(8,60-13)39(57)29(7)63-32/h22-33,36-40,45,56-57H,15-21H2,1-14H3,(H2,49,50,51)/t24-,25-,26+,27+,28-,29-,30+,31-,32+,33?,36-,37+,38?,39+,40-,45+,46-,47-,48-/m1/s1. The van der Waals surface area contributed by atoms with E-state index in [0.29, 0.717) is 36.3 Å². The molecule has 4 saturated heterocycles.